The van der Waals surface area contributed by atoms with Gasteiger partial charge < -0.3 is 5.11 Å². The van der Waals surface area contributed by atoms with Gasteiger partial charge in [0, 0.05) is 24.2 Å². The smallest absolute Gasteiger partial charge is 0.146 e. The largest absolute Gasteiger partial charge is 0.505 e. The lowest BCUT2D eigenvalue weighted by atomic mass is 10.0. The molecule has 7 heteroatoms. The predicted octanol–water partition coefficient (Wildman–Crippen LogP) is 6.00. The number of halogens is 3. The molecular weight excluding hydrogens is 453 g/mol. The normalized spacial score (nSPS) is 17.2. The average molecular weight is 489 g/mol. The number of benzene rings is 1. The number of pyridine rings is 1. The third-order valence-electron chi connectivity index (χ3n) is 6.13. The maximum absolute atomic E-state index is 11.1. The van der Waals surface area contributed by atoms with Gasteiger partial charge in [-0.3, -0.25) is 9.80 Å². The van der Waals surface area contributed by atoms with Crippen molar-refractivity contribution in [3.63, 3.8) is 0 Å². The van der Waals surface area contributed by atoms with E-state index in [1.54, 1.807) is 0 Å². The highest BCUT2D eigenvalue weighted by molar-refractivity contribution is 5.86. The number of nitrogens with zero attached hydrogens (tertiary/aromatic N) is 3. The highest BCUT2D eigenvalue weighted by Crippen LogP contribution is 2.33. The van der Waals surface area contributed by atoms with E-state index in [-0.39, 0.29) is 37.2 Å². The van der Waals surface area contributed by atoms with Crippen LogP contribution in [0, 0.1) is 6.92 Å². The summed E-state index contributed by atoms with van der Waals surface area (Å²) in [5, 5.41) is 11.1. The summed E-state index contributed by atoms with van der Waals surface area (Å²) in [7, 11) is 0. The van der Waals surface area contributed by atoms with Crippen LogP contribution in [0.4, 0.5) is 0 Å². The minimum atomic E-state index is 0. The molecule has 2 aromatic rings. The molecule has 0 amide bonds. The first-order chi connectivity index (χ1) is 13.7. The van der Waals surface area contributed by atoms with E-state index in [4.69, 9.17) is 4.98 Å². The third kappa shape index (κ3) is 7.50. The molecule has 0 radical (unpaired) electrons. The van der Waals surface area contributed by atoms with Crippen molar-refractivity contribution in [1.82, 2.24) is 14.8 Å². The van der Waals surface area contributed by atoms with Crippen molar-refractivity contribution >= 4 is 37.2 Å². The molecule has 0 atom stereocenters. The SMILES string of the molecule is Cc1ccc(-c2nc(CN3CCCCC3)cc(CN3CCCCC3)c2O)cc1.Cl.Cl.Cl. The van der Waals surface area contributed by atoms with Gasteiger partial charge in [-0.05, 0) is 64.9 Å². The Morgan fingerprint density at radius 2 is 1.29 bits per heavy atom. The Labute approximate surface area is 205 Å². The number of rotatable bonds is 5. The quantitative estimate of drug-likeness (QED) is 0.560. The van der Waals surface area contributed by atoms with E-state index in [2.05, 4.69) is 47.1 Å². The fourth-order valence-corrected chi connectivity index (χ4v) is 4.47. The van der Waals surface area contributed by atoms with E-state index >= 15 is 0 Å². The summed E-state index contributed by atoms with van der Waals surface area (Å²) in [6.45, 7) is 8.36. The Balaban J connectivity index is 0.00000160. The van der Waals surface area contributed by atoms with Crippen molar-refractivity contribution in [2.45, 2.75) is 58.5 Å². The molecule has 3 heterocycles. The molecule has 1 aromatic carbocycles. The second-order valence-electron chi connectivity index (χ2n) is 8.51. The summed E-state index contributed by atoms with van der Waals surface area (Å²) >= 11 is 0. The minimum absolute atomic E-state index is 0. The topological polar surface area (TPSA) is 39.6 Å². The van der Waals surface area contributed by atoms with E-state index in [0.717, 1.165) is 61.8 Å². The van der Waals surface area contributed by atoms with E-state index in [9.17, 15) is 5.11 Å². The molecule has 4 nitrogen and oxygen atoms in total. The van der Waals surface area contributed by atoms with Gasteiger partial charge in [-0.1, -0.05) is 42.7 Å². The second-order valence-corrected chi connectivity index (χ2v) is 8.51. The summed E-state index contributed by atoms with van der Waals surface area (Å²) in [6, 6.07) is 10.5. The molecule has 0 spiro atoms. The molecule has 2 saturated heterocycles. The van der Waals surface area contributed by atoms with E-state index in [0.29, 0.717) is 5.75 Å². The molecule has 1 aromatic heterocycles. The van der Waals surface area contributed by atoms with E-state index in [1.165, 1.54) is 44.1 Å². The van der Waals surface area contributed by atoms with Crippen LogP contribution in [0.2, 0.25) is 0 Å². The van der Waals surface area contributed by atoms with E-state index in [1.807, 2.05) is 0 Å². The van der Waals surface area contributed by atoms with Gasteiger partial charge in [0.1, 0.15) is 11.4 Å². The Hall–Kier alpha value is -1.04. The second kappa shape index (κ2) is 13.5. The molecular formula is C24H36Cl3N3O. The molecule has 0 aliphatic carbocycles. The Bertz CT molecular complexity index is 789. The zero-order valence-corrected chi connectivity index (χ0v) is 20.8. The molecule has 0 bridgehead atoms. The van der Waals surface area contributed by atoms with E-state index < -0.39 is 0 Å². The van der Waals surface area contributed by atoms with Crippen LogP contribution >= 0.6 is 37.2 Å². The van der Waals surface area contributed by atoms with Gasteiger partial charge in [0.25, 0.3) is 0 Å². The predicted molar refractivity (Wildman–Crippen MR) is 136 cm³/mol. The van der Waals surface area contributed by atoms with Crippen molar-refractivity contribution in [2.75, 3.05) is 26.2 Å². The standard InChI is InChI=1S/C24H33N3O.3ClH/c1-19-8-10-20(11-9-19)23-24(28)21(17-26-12-4-2-5-13-26)16-22(25-23)18-27-14-6-3-7-15-27;;;/h8-11,16,28H,2-7,12-15,17-18H2,1H3;3*1H. The number of aromatic nitrogens is 1. The van der Waals surface area contributed by atoms with Gasteiger partial charge in [-0.15, -0.1) is 37.2 Å². The van der Waals surface area contributed by atoms with Crippen molar-refractivity contribution in [3.8, 4) is 17.0 Å². The zero-order valence-electron chi connectivity index (χ0n) is 18.4. The van der Waals surface area contributed by atoms with Gasteiger partial charge >= 0.3 is 0 Å². The molecule has 2 fully saturated rings. The molecule has 174 valence electrons. The maximum atomic E-state index is 11.1. The van der Waals surface area contributed by atoms with Crippen molar-refractivity contribution in [1.29, 1.82) is 0 Å². The summed E-state index contributed by atoms with van der Waals surface area (Å²) in [5.74, 6) is 0.358. The number of piperidine rings is 2. The summed E-state index contributed by atoms with van der Waals surface area (Å²) in [6.07, 6.45) is 7.75. The average Bonchev–Trinajstić information content (AvgIpc) is 2.72. The Morgan fingerprint density at radius 3 is 1.84 bits per heavy atom. The number of aromatic hydroxyl groups is 1. The molecule has 0 saturated carbocycles. The highest BCUT2D eigenvalue weighted by atomic mass is 35.5. The number of hydrogen-bond donors (Lipinski definition) is 1. The van der Waals surface area contributed by atoms with Gasteiger partial charge in [0.05, 0.1) is 5.69 Å². The van der Waals surface area contributed by atoms with Gasteiger partial charge in [-0.2, -0.15) is 0 Å². The molecule has 2 aliphatic heterocycles. The van der Waals surface area contributed by atoms with Gasteiger partial charge in [-0.25, -0.2) is 4.98 Å². The van der Waals surface area contributed by atoms with Crippen LogP contribution in [-0.4, -0.2) is 46.1 Å². The lowest BCUT2D eigenvalue weighted by Gasteiger charge is -2.28. The van der Waals surface area contributed by atoms with Gasteiger partial charge in [0.15, 0.2) is 0 Å². The molecule has 31 heavy (non-hydrogen) atoms. The van der Waals surface area contributed by atoms with Crippen LogP contribution in [0.1, 0.15) is 55.3 Å². The highest BCUT2D eigenvalue weighted by Gasteiger charge is 2.19. The summed E-state index contributed by atoms with van der Waals surface area (Å²) in [4.78, 5) is 9.89. The monoisotopic (exact) mass is 487 g/mol. The Morgan fingerprint density at radius 1 is 0.774 bits per heavy atom. The van der Waals surface area contributed by atoms with Crippen LogP contribution in [-0.2, 0) is 13.1 Å². The van der Waals surface area contributed by atoms with Crippen molar-refractivity contribution < 1.29 is 5.11 Å². The van der Waals surface area contributed by atoms with Gasteiger partial charge in [0.2, 0.25) is 0 Å². The first-order valence-corrected chi connectivity index (χ1v) is 10.9. The van der Waals surface area contributed by atoms with Crippen LogP contribution in [0.25, 0.3) is 11.3 Å². The summed E-state index contributed by atoms with van der Waals surface area (Å²) < 4.78 is 0. The lowest BCUT2D eigenvalue weighted by Crippen LogP contribution is -2.30. The molecule has 2 aliphatic rings. The third-order valence-corrected chi connectivity index (χ3v) is 6.13. The summed E-state index contributed by atoms with van der Waals surface area (Å²) in [5.41, 5.74) is 5.08. The number of likely N-dealkylation sites (tertiary alicyclic amines) is 2. The minimum Gasteiger partial charge on any atom is -0.505 e. The fourth-order valence-electron chi connectivity index (χ4n) is 4.47. The molecule has 0 unspecified atom stereocenters. The van der Waals surface area contributed by atoms with Crippen LogP contribution in [0.5, 0.6) is 5.75 Å². The number of aryl methyl sites for hydroxylation is 1. The maximum Gasteiger partial charge on any atom is 0.146 e. The van der Waals surface area contributed by atoms with Crippen LogP contribution in [0.15, 0.2) is 30.3 Å². The van der Waals surface area contributed by atoms with Crippen LogP contribution in [0.3, 0.4) is 0 Å². The molecule has 1 N–H and O–H groups in total. The first-order valence-electron chi connectivity index (χ1n) is 10.9. The Kier molecular flexibility index (Phi) is 12.2. The fraction of sp³-hybridized carbons (Fsp3) is 0.542. The molecule has 4 rings (SSSR count). The van der Waals surface area contributed by atoms with Crippen molar-refractivity contribution in [2.24, 2.45) is 0 Å². The lowest BCUT2D eigenvalue weighted by molar-refractivity contribution is 0.214. The zero-order chi connectivity index (χ0) is 19.3. The van der Waals surface area contributed by atoms with Crippen LogP contribution < -0.4 is 0 Å². The number of hydrogen-bond acceptors (Lipinski definition) is 4. The van der Waals surface area contributed by atoms with Crippen molar-refractivity contribution in [3.05, 3.63) is 47.2 Å². The first kappa shape index (κ1) is 28.0.